The van der Waals surface area contributed by atoms with Gasteiger partial charge in [0, 0.05) is 30.9 Å². The lowest BCUT2D eigenvalue weighted by Gasteiger charge is -2.02. The fourth-order valence-electron chi connectivity index (χ4n) is 2.04. The molecule has 0 aliphatic carbocycles. The third kappa shape index (κ3) is 3.78. The van der Waals surface area contributed by atoms with Crippen LogP contribution in [-0.2, 0) is 18.4 Å². The Morgan fingerprint density at radius 1 is 1.33 bits per heavy atom. The molecule has 0 fully saturated rings. The standard InChI is InChI=1S/C16H18FN3O/c1-11-15(12(2)20(3)19-11)8-9-16(21)18-10-13-4-6-14(17)7-5-13/h4-9H,10H2,1-3H3,(H,18,21). The van der Waals surface area contributed by atoms with Gasteiger partial charge >= 0.3 is 0 Å². The first-order chi connectivity index (χ1) is 9.97. The number of aromatic nitrogens is 2. The van der Waals surface area contributed by atoms with Crippen LogP contribution in [0.5, 0.6) is 0 Å². The van der Waals surface area contributed by atoms with Crippen LogP contribution in [0.15, 0.2) is 30.3 Å². The molecular weight excluding hydrogens is 269 g/mol. The lowest BCUT2D eigenvalue weighted by molar-refractivity contribution is -0.116. The minimum absolute atomic E-state index is 0.193. The van der Waals surface area contributed by atoms with Crippen molar-refractivity contribution < 1.29 is 9.18 Å². The zero-order valence-electron chi connectivity index (χ0n) is 12.4. The maximum absolute atomic E-state index is 12.8. The molecule has 0 bridgehead atoms. The molecule has 0 unspecified atom stereocenters. The Labute approximate surface area is 123 Å². The van der Waals surface area contributed by atoms with Gasteiger partial charge in [0.2, 0.25) is 5.91 Å². The van der Waals surface area contributed by atoms with Gasteiger partial charge in [-0.25, -0.2) is 4.39 Å². The number of aryl methyl sites for hydroxylation is 2. The molecule has 110 valence electrons. The fourth-order valence-corrected chi connectivity index (χ4v) is 2.04. The smallest absolute Gasteiger partial charge is 0.244 e. The van der Waals surface area contributed by atoms with Crippen LogP contribution >= 0.6 is 0 Å². The van der Waals surface area contributed by atoms with E-state index in [1.807, 2.05) is 20.9 Å². The molecule has 1 amide bonds. The van der Waals surface area contributed by atoms with E-state index < -0.39 is 0 Å². The van der Waals surface area contributed by atoms with Crippen molar-refractivity contribution in [3.05, 3.63) is 58.7 Å². The number of carbonyl (C=O) groups excluding carboxylic acids is 1. The average Bonchev–Trinajstić information content (AvgIpc) is 2.69. The average molecular weight is 287 g/mol. The van der Waals surface area contributed by atoms with Crippen molar-refractivity contribution in [3.63, 3.8) is 0 Å². The highest BCUT2D eigenvalue weighted by molar-refractivity contribution is 5.91. The zero-order valence-corrected chi connectivity index (χ0v) is 12.4. The predicted molar refractivity (Wildman–Crippen MR) is 80.0 cm³/mol. The zero-order chi connectivity index (χ0) is 15.4. The highest BCUT2D eigenvalue weighted by atomic mass is 19.1. The number of halogens is 1. The molecule has 0 saturated heterocycles. The van der Waals surface area contributed by atoms with Crippen LogP contribution in [-0.4, -0.2) is 15.7 Å². The summed E-state index contributed by atoms with van der Waals surface area (Å²) in [6.07, 6.45) is 3.25. The van der Waals surface area contributed by atoms with Gasteiger partial charge in [0.1, 0.15) is 5.82 Å². The SMILES string of the molecule is Cc1nn(C)c(C)c1C=CC(=O)NCc1ccc(F)cc1. The fraction of sp³-hybridized carbons (Fsp3) is 0.250. The molecule has 21 heavy (non-hydrogen) atoms. The minimum atomic E-state index is -0.285. The number of amides is 1. The molecule has 0 radical (unpaired) electrons. The van der Waals surface area contributed by atoms with E-state index in [1.54, 1.807) is 22.9 Å². The number of hydrogen-bond donors (Lipinski definition) is 1. The van der Waals surface area contributed by atoms with Crippen molar-refractivity contribution in [2.45, 2.75) is 20.4 Å². The number of benzene rings is 1. The number of nitrogens with zero attached hydrogens (tertiary/aromatic N) is 2. The van der Waals surface area contributed by atoms with Crippen LogP contribution in [0.3, 0.4) is 0 Å². The summed E-state index contributed by atoms with van der Waals surface area (Å²) in [5.41, 5.74) is 3.70. The minimum Gasteiger partial charge on any atom is -0.348 e. The Hall–Kier alpha value is -2.43. The van der Waals surface area contributed by atoms with Crippen molar-refractivity contribution in [1.82, 2.24) is 15.1 Å². The summed E-state index contributed by atoms with van der Waals surface area (Å²) in [7, 11) is 1.87. The van der Waals surface area contributed by atoms with E-state index in [0.717, 1.165) is 22.5 Å². The second kappa shape index (κ2) is 6.35. The summed E-state index contributed by atoms with van der Waals surface area (Å²) < 4.78 is 14.5. The molecule has 0 atom stereocenters. The third-order valence-electron chi connectivity index (χ3n) is 3.35. The summed E-state index contributed by atoms with van der Waals surface area (Å²) in [4.78, 5) is 11.8. The van der Waals surface area contributed by atoms with Crippen LogP contribution in [0.4, 0.5) is 4.39 Å². The van der Waals surface area contributed by atoms with E-state index >= 15 is 0 Å². The van der Waals surface area contributed by atoms with Crippen LogP contribution in [0, 0.1) is 19.7 Å². The number of carbonyl (C=O) groups is 1. The quantitative estimate of drug-likeness (QED) is 0.878. The molecule has 5 heteroatoms. The molecule has 0 aliphatic rings. The van der Waals surface area contributed by atoms with Gasteiger partial charge in [-0.1, -0.05) is 12.1 Å². The van der Waals surface area contributed by atoms with E-state index in [4.69, 9.17) is 0 Å². The van der Waals surface area contributed by atoms with E-state index in [9.17, 15) is 9.18 Å². The highest BCUT2D eigenvalue weighted by Crippen LogP contribution is 2.13. The normalized spacial score (nSPS) is 11.0. The highest BCUT2D eigenvalue weighted by Gasteiger charge is 2.06. The molecule has 1 aromatic carbocycles. The second-order valence-electron chi connectivity index (χ2n) is 4.89. The van der Waals surface area contributed by atoms with Gasteiger partial charge in [0.05, 0.1) is 5.69 Å². The first kappa shape index (κ1) is 15.0. The molecule has 1 N–H and O–H groups in total. The summed E-state index contributed by atoms with van der Waals surface area (Å²) in [5, 5.41) is 7.05. The molecule has 0 spiro atoms. The van der Waals surface area contributed by atoms with Crippen LogP contribution in [0.25, 0.3) is 6.08 Å². The molecule has 0 aliphatic heterocycles. The van der Waals surface area contributed by atoms with Crippen LogP contribution in [0.1, 0.15) is 22.5 Å². The Morgan fingerprint density at radius 3 is 2.57 bits per heavy atom. The van der Waals surface area contributed by atoms with E-state index in [0.29, 0.717) is 6.54 Å². The van der Waals surface area contributed by atoms with Gasteiger partial charge in [0.15, 0.2) is 0 Å². The van der Waals surface area contributed by atoms with Gasteiger partial charge in [-0.05, 0) is 37.6 Å². The van der Waals surface area contributed by atoms with Gasteiger partial charge in [0.25, 0.3) is 0 Å². The molecule has 0 saturated carbocycles. The van der Waals surface area contributed by atoms with E-state index in [-0.39, 0.29) is 11.7 Å². The summed E-state index contributed by atoms with van der Waals surface area (Å²) in [6, 6.07) is 6.04. The number of hydrogen-bond acceptors (Lipinski definition) is 2. The van der Waals surface area contributed by atoms with E-state index in [2.05, 4.69) is 10.4 Å². The lowest BCUT2D eigenvalue weighted by Crippen LogP contribution is -2.20. The summed E-state index contributed by atoms with van der Waals surface area (Å²) in [5.74, 6) is -0.477. The monoisotopic (exact) mass is 287 g/mol. The van der Waals surface area contributed by atoms with Crippen molar-refractivity contribution in [2.75, 3.05) is 0 Å². The largest absolute Gasteiger partial charge is 0.348 e. The first-order valence-corrected chi connectivity index (χ1v) is 6.68. The lowest BCUT2D eigenvalue weighted by atomic mass is 10.2. The molecule has 1 heterocycles. The van der Waals surface area contributed by atoms with Crippen molar-refractivity contribution in [1.29, 1.82) is 0 Å². The maximum atomic E-state index is 12.8. The predicted octanol–water partition coefficient (Wildman–Crippen LogP) is 2.51. The first-order valence-electron chi connectivity index (χ1n) is 6.68. The second-order valence-corrected chi connectivity index (χ2v) is 4.89. The number of nitrogens with one attached hydrogen (secondary N) is 1. The summed E-state index contributed by atoms with van der Waals surface area (Å²) >= 11 is 0. The topological polar surface area (TPSA) is 46.9 Å². The van der Waals surface area contributed by atoms with Gasteiger partial charge < -0.3 is 5.32 Å². The van der Waals surface area contributed by atoms with Crippen molar-refractivity contribution >= 4 is 12.0 Å². The molecule has 1 aromatic heterocycles. The Balaban J connectivity index is 1.95. The van der Waals surface area contributed by atoms with Gasteiger partial charge in [-0.3, -0.25) is 9.48 Å². The molecule has 2 rings (SSSR count). The van der Waals surface area contributed by atoms with Gasteiger partial charge in [-0.2, -0.15) is 5.10 Å². The molecule has 4 nitrogen and oxygen atoms in total. The van der Waals surface area contributed by atoms with Gasteiger partial charge in [-0.15, -0.1) is 0 Å². The van der Waals surface area contributed by atoms with Crippen molar-refractivity contribution in [2.24, 2.45) is 7.05 Å². The van der Waals surface area contributed by atoms with Crippen LogP contribution in [0.2, 0.25) is 0 Å². The third-order valence-corrected chi connectivity index (χ3v) is 3.35. The summed E-state index contributed by atoms with van der Waals surface area (Å²) in [6.45, 7) is 4.23. The van der Waals surface area contributed by atoms with E-state index in [1.165, 1.54) is 18.2 Å². The molecule has 2 aromatic rings. The Bertz CT molecular complexity index is 672. The maximum Gasteiger partial charge on any atom is 0.244 e. The van der Waals surface area contributed by atoms with Crippen LogP contribution < -0.4 is 5.32 Å². The van der Waals surface area contributed by atoms with Crippen molar-refractivity contribution in [3.8, 4) is 0 Å². The Kier molecular flexibility index (Phi) is 4.52. The Morgan fingerprint density at radius 2 is 2.00 bits per heavy atom. The number of rotatable bonds is 4. The molecular formula is C16H18FN3O.